The summed E-state index contributed by atoms with van der Waals surface area (Å²) in [6, 6.07) is 3.20. The molecule has 84 valence electrons. The molecule has 0 radical (unpaired) electrons. The fraction of sp³-hybridized carbons (Fsp3) is 0.500. The minimum atomic E-state index is -3.24. The van der Waals surface area contributed by atoms with Crippen LogP contribution in [-0.4, -0.2) is 19.7 Å². The molecule has 0 aromatic carbocycles. The van der Waals surface area contributed by atoms with Crippen LogP contribution >= 0.6 is 0 Å². The second-order valence-electron chi connectivity index (χ2n) is 3.59. The molecule has 15 heavy (non-hydrogen) atoms. The van der Waals surface area contributed by atoms with Crippen molar-refractivity contribution in [3.05, 3.63) is 23.9 Å². The normalized spacial score (nSPS) is 13.8. The monoisotopic (exact) mass is 228 g/mol. The molecule has 0 saturated carbocycles. The molecule has 4 nitrogen and oxygen atoms in total. The van der Waals surface area contributed by atoms with E-state index in [4.69, 9.17) is 5.73 Å². The highest BCUT2D eigenvalue weighted by molar-refractivity contribution is 7.90. The van der Waals surface area contributed by atoms with Crippen molar-refractivity contribution in [2.45, 2.75) is 30.8 Å². The van der Waals surface area contributed by atoms with E-state index in [9.17, 15) is 8.42 Å². The number of nitrogens with two attached hydrogens (primary N) is 1. The molecule has 0 saturated heterocycles. The Morgan fingerprint density at radius 2 is 2.20 bits per heavy atom. The second kappa shape index (κ2) is 4.72. The topological polar surface area (TPSA) is 73.0 Å². The first-order valence-corrected chi connectivity index (χ1v) is 6.76. The minimum Gasteiger partial charge on any atom is -0.324 e. The summed E-state index contributed by atoms with van der Waals surface area (Å²) in [4.78, 5) is 3.81. The summed E-state index contributed by atoms with van der Waals surface area (Å²) in [5, 5.41) is 0.0894. The highest BCUT2D eigenvalue weighted by Gasteiger charge is 2.12. The van der Waals surface area contributed by atoms with Gasteiger partial charge in [-0.3, -0.25) is 0 Å². The Bertz CT molecular complexity index is 429. The minimum absolute atomic E-state index is 0.0894. The average Bonchev–Trinajstić information content (AvgIpc) is 2.17. The largest absolute Gasteiger partial charge is 0.324 e. The molecule has 5 heteroatoms. The maximum absolute atomic E-state index is 11.3. The third-order valence-electron chi connectivity index (χ3n) is 2.17. The van der Waals surface area contributed by atoms with Gasteiger partial charge in [0.05, 0.1) is 0 Å². The molecule has 0 aliphatic carbocycles. The summed E-state index contributed by atoms with van der Waals surface area (Å²) in [5.74, 6) is 0. The molecule has 1 aromatic rings. The third-order valence-corrected chi connectivity index (χ3v) is 3.15. The van der Waals surface area contributed by atoms with Crippen molar-refractivity contribution in [2.24, 2.45) is 5.73 Å². The summed E-state index contributed by atoms with van der Waals surface area (Å²) >= 11 is 0. The van der Waals surface area contributed by atoms with Crippen LogP contribution < -0.4 is 5.73 Å². The van der Waals surface area contributed by atoms with Crippen LogP contribution in [0.5, 0.6) is 0 Å². The van der Waals surface area contributed by atoms with Crippen LogP contribution in [0.2, 0.25) is 0 Å². The van der Waals surface area contributed by atoms with Crippen molar-refractivity contribution >= 4 is 9.84 Å². The molecular formula is C10H16N2O2S. The number of hydrogen-bond donors (Lipinski definition) is 1. The second-order valence-corrected chi connectivity index (χ2v) is 5.56. The first-order chi connectivity index (χ1) is 6.95. The number of aromatic nitrogens is 1. The molecule has 0 aliphatic heterocycles. The van der Waals surface area contributed by atoms with Crippen molar-refractivity contribution in [3.8, 4) is 0 Å². The molecule has 0 amide bonds. The van der Waals surface area contributed by atoms with Crippen molar-refractivity contribution in [3.63, 3.8) is 0 Å². The van der Waals surface area contributed by atoms with Gasteiger partial charge in [0.15, 0.2) is 14.9 Å². The number of sulfone groups is 1. The molecule has 1 atom stereocenters. The molecule has 2 N–H and O–H groups in total. The van der Waals surface area contributed by atoms with E-state index in [1.165, 1.54) is 6.20 Å². The Balaban J connectivity index is 3.03. The SMILES string of the molecule is CCC[C@@H](N)c1ccnc(S(C)(=O)=O)c1. The summed E-state index contributed by atoms with van der Waals surface area (Å²) in [6.07, 6.45) is 4.44. The van der Waals surface area contributed by atoms with E-state index in [-0.39, 0.29) is 11.1 Å². The van der Waals surface area contributed by atoms with E-state index in [0.29, 0.717) is 0 Å². The van der Waals surface area contributed by atoms with Gasteiger partial charge in [-0.1, -0.05) is 13.3 Å². The molecule has 0 bridgehead atoms. The van der Waals surface area contributed by atoms with Gasteiger partial charge >= 0.3 is 0 Å². The van der Waals surface area contributed by atoms with Gasteiger partial charge in [0.25, 0.3) is 0 Å². The molecule has 1 heterocycles. The van der Waals surface area contributed by atoms with Crippen LogP contribution in [0.3, 0.4) is 0 Å². The zero-order valence-corrected chi connectivity index (χ0v) is 9.79. The maximum atomic E-state index is 11.3. The van der Waals surface area contributed by atoms with Crippen LogP contribution in [0.4, 0.5) is 0 Å². The van der Waals surface area contributed by atoms with Crippen LogP contribution in [-0.2, 0) is 9.84 Å². The van der Waals surface area contributed by atoms with Crippen LogP contribution in [0.1, 0.15) is 31.4 Å². The third kappa shape index (κ3) is 3.28. The lowest BCUT2D eigenvalue weighted by molar-refractivity contribution is 0.596. The first kappa shape index (κ1) is 12.1. The van der Waals surface area contributed by atoms with Gasteiger partial charge < -0.3 is 5.73 Å². The van der Waals surface area contributed by atoms with Crippen LogP contribution in [0, 0.1) is 0 Å². The lowest BCUT2D eigenvalue weighted by Gasteiger charge is -2.10. The molecule has 0 spiro atoms. The fourth-order valence-corrected chi connectivity index (χ4v) is 1.94. The predicted octanol–water partition coefficient (Wildman–Crippen LogP) is 1.29. The lowest BCUT2D eigenvalue weighted by atomic mass is 10.1. The number of nitrogens with zero attached hydrogens (tertiary/aromatic N) is 1. The van der Waals surface area contributed by atoms with E-state index < -0.39 is 9.84 Å². The number of rotatable bonds is 4. The van der Waals surface area contributed by atoms with Crippen molar-refractivity contribution in [1.82, 2.24) is 4.98 Å². The highest BCUT2D eigenvalue weighted by Crippen LogP contribution is 2.17. The Kier molecular flexibility index (Phi) is 3.82. The number of hydrogen-bond acceptors (Lipinski definition) is 4. The smallest absolute Gasteiger partial charge is 0.192 e. The van der Waals surface area contributed by atoms with E-state index in [1.807, 2.05) is 6.92 Å². The molecule has 0 unspecified atom stereocenters. The van der Waals surface area contributed by atoms with Gasteiger partial charge in [-0.05, 0) is 24.1 Å². The Morgan fingerprint density at radius 3 is 2.73 bits per heavy atom. The van der Waals surface area contributed by atoms with Gasteiger partial charge in [0.2, 0.25) is 0 Å². The first-order valence-electron chi connectivity index (χ1n) is 4.86. The highest BCUT2D eigenvalue weighted by atomic mass is 32.2. The van der Waals surface area contributed by atoms with Gasteiger partial charge in [-0.2, -0.15) is 0 Å². The van der Waals surface area contributed by atoms with Gasteiger partial charge in [0.1, 0.15) is 0 Å². The van der Waals surface area contributed by atoms with E-state index in [2.05, 4.69) is 4.98 Å². The summed E-state index contributed by atoms with van der Waals surface area (Å²) in [7, 11) is -3.24. The summed E-state index contributed by atoms with van der Waals surface area (Å²) in [5.41, 5.74) is 6.72. The average molecular weight is 228 g/mol. The molecular weight excluding hydrogens is 212 g/mol. The Hall–Kier alpha value is -0.940. The standard InChI is InChI=1S/C10H16N2O2S/c1-3-4-9(11)8-5-6-12-10(7-8)15(2,13)14/h5-7,9H,3-4,11H2,1-2H3/t9-/m1/s1. The van der Waals surface area contributed by atoms with E-state index >= 15 is 0 Å². The fourth-order valence-electron chi connectivity index (χ4n) is 1.34. The van der Waals surface area contributed by atoms with Crippen molar-refractivity contribution < 1.29 is 8.42 Å². The predicted molar refractivity (Wildman–Crippen MR) is 59.2 cm³/mol. The van der Waals surface area contributed by atoms with E-state index in [1.54, 1.807) is 12.1 Å². The van der Waals surface area contributed by atoms with E-state index in [0.717, 1.165) is 24.7 Å². The van der Waals surface area contributed by atoms with Gasteiger partial charge in [0, 0.05) is 18.5 Å². The van der Waals surface area contributed by atoms with Crippen molar-refractivity contribution in [1.29, 1.82) is 0 Å². The molecule has 1 aromatic heterocycles. The molecule has 1 rings (SSSR count). The number of pyridine rings is 1. The zero-order valence-electron chi connectivity index (χ0n) is 8.97. The van der Waals surface area contributed by atoms with Gasteiger partial charge in [-0.15, -0.1) is 0 Å². The molecule has 0 fully saturated rings. The molecule has 0 aliphatic rings. The summed E-state index contributed by atoms with van der Waals surface area (Å²) in [6.45, 7) is 2.04. The Morgan fingerprint density at radius 1 is 1.53 bits per heavy atom. The van der Waals surface area contributed by atoms with Crippen LogP contribution in [0.15, 0.2) is 23.4 Å². The van der Waals surface area contributed by atoms with Crippen molar-refractivity contribution in [2.75, 3.05) is 6.26 Å². The maximum Gasteiger partial charge on any atom is 0.192 e. The zero-order chi connectivity index (χ0) is 11.5. The summed E-state index contributed by atoms with van der Waals surface area (Å²) < 4.78 is 22.5. The lowest BCUT2D eigenvalue weighted by Crippen LogP contribution is -2.11. The van der Waals surface area contributed by atoms with Gasteiger partial charge in [-0.25, -0.2) is 13.4 Å². The van der Waals surface area contributed by atoms with Crippen LogP contribution in [0.25, 0.3) is 0 Å². The Labute approximate surface area is 90.4 Å². The quantitative estimate of drug-likeness (QED) is 0.842.